The number of benzene rings is 1. The maximum atomic E-state index is 11.2. The van der Waals surface area contributed by atoms with E-state index in [1.54, 1.807) is 7.11 Å². The average Bonchev–Trinajstić information content (AvgIpc) is 3.08. The van der Waals surface area contributed by atoms with E-state index in [-0.39, 0.29) is 5.92 Å². The van der Waals surface area contributed by atoms with Gasteiger partial charge in [-0.25, -0.2) is 0 Å². The van der Waals surface area contributed by atoms with Crippen LogP contribution in [0.1, 0.15) is 35.4 Å². The number of aldehydes is 1. The standard InChI is InChI=1S/C14H18O2/c1-9-7-14(16-3)10(2)6-12(9)13(8-15)11-4-5-11/h6-8,11,13H,4-5H2,1-3H3. The fourth-order valence-electron chi connectivity index (χ4n) is 2.28. The van der Waals surface area contributed by atoms with E-state index in [1.165, 1.54) is 18.4 Å². The van der Waals surface area contributed by atoms with E-state index >= 15 is 0 Å². The molecule has 1 aromatic rings. The van der Waals surface area contributed by atoms with Crippen LogP contribution in [0.4, 0.5) is 0 Å². The molecule has 86 valence electrons. The summed E-state index contributed by atoms with van der Waals surface area (Å²) in [6, 6.07) is 4.13. The lowest BCUT2D eigenvalue weighted by atomic mass is 9.90. The van der Waals surface area contributed by atoms with E-state index in [0.29, 0.717) is 5.92 Å². The van der Waals surface area contributed by atoms with Crippen molar-refractivity contribution in [2.45, 2.75) is 32.6 Å². The molecular formula is C14H18O2. The van der Waals surface area contributed by atoms with Crippen LogP contribution in [-0.4, -0.2) is 13.4 Å². The van der Waals surface area contributed by atoms with Gasteiger partial charge in [-0.2, -0.15) is 0 Å². The topological polar surface area (TPSA) is 26.3 Å². The highest BCUT2D eigenvalue weighted by molar-refractivity contribution is 5.65. The molecule has 0 N–H and O–H groups in total. The zero-order valence-electron chi connectivity index (χ0n) is 10.1. The number of rotatable bonds is 4. The fraction of sp³-hybridized carbons (Fsp3) is 0.500. The van der Waals surface area contributed by atoms with Gasteiger partial charge in [-0.05, 0) is 55.4 Å². The SMILES string of the molecule is COc1cc(C)c(C(C=O)C2CC2)cc1C. The van der Waals surface area contributed by atoms with Crippen molar-refractivity contribution in [3.05, 3.63) is 28.8 Å². The van der Waals surface area contributed by atoms with Crippen molar-refractivity contribution in [3.63, 3.8) is 0 Å². The number of hydrogen-bond acceptors (Lipinski definition) is 2. The van der Waals surface area contributed by atoms with Gasteiger partial charge in [0.1, 0.15) is 12.0 Å². The molecule has 2 rings (SSSR count). The summed E-state index contributed by atoms with van der Waals surface area (Å²) in [6.45, 7) is 4.08. The van der Waals surface area contributed by atoms with Crippen LogP contribution < -0.4 is 4.74 Å². The first kappa shape index (κ1) is 11.2. The van der Waals surface area contributed by atoms with E-state index in [4.69, 9.17) is 4.74 Å². The molecule has 2 heteroatoms. The Morgan fingerprint density at radius 1 is 1.31 bits per heavy atom. The minimum absolute atomic E-state index is 0.0876. The van der Waals surface area contributed by atoms with Crippen LogP contribution in [0.25, 0.3) is 0 Å². The van der Waals surface area contributed by atoms with E-state index in [0.717, 1.165) is 23.2 Å². The van der Waals surface area contributed by atoms with Gasteiger partial charge in [0.05, 0.1) is 7.11 Å². The van der Waals surface area contributed by atoms with E-state index in [1.807, 2.05) is 13.0 Å². The maximum absolute atomic E-state index is 11.2. The molecule has 16 heavy (non-hydrogen) atoms. The van der Waals surface area contributed by atoms with Crippen LogP contribution in [0, 0.1) is 19.8 Å². The smallest absolute Gasteiger partial charge is 0.127 e. The van der Waals surface area contributed by atoms with Crippen molar-refractivity contribution in [2.24, 2.45) is 5.92 Å². The molecule has 1 aromatic carbocycles. The fourth-order valence-corrected chi connectivity index (χ4v) is 2.28. The van der Waals surface area contributed by atoms with Gasteiger partial charge in [-0.1, -0.05) is 6.07 Å². The van der Waals surface area contributed by atoms with Gasteiger partial charge in [-0.3, -0.25) is 0 Å². The monoisotopic (exact) mass is 218 g/mol. The molecule has 2 nitrogen and oxygen atoms in total. The summed E-state index contributed by atoms with van der Waals surface area (Å²) in [5.74, 6) is 1.57. The molecule has 1 fully saturated rings. The Hall–Kier alpha value is -1.31. The summed E-state index contributed by atoms with van der Waals surface area (Å²) in [7, 11) is 1.68. The third kappa shape index (κ3) is 1.97. The second kappa shape index (κ2) is 4.28. The third-order valence-corrected chi connectivity index (χ3v) is 3.42. The first-order valence-corrected chi connectivity index (χ1v) is 5.77. The number of aryl methyl sites for hydroxylation is 2. The summed E-state index contributed by atoms with van der Waals surface area (Å²) in [5.41, 5.74) is 3.44. The predicted octanol–water partition coefficient (Wildman–Crippen LogP) is 3.00. The molecule has 0 aliphatic heterocycles. The van der Waals surface area contributed by atoms with Gasteiger partial charge in [0, 0.05) is 5.92 Å². The van der Waals surface area contributed by atoms with Crippen molar-refractivity contribution in [2.75, 3.05) is 7.11 Å². The lowest BCUT2D eigenvalue weighted by molar-refractivity contribution is -0.109. The summed E-state index contributed by atoms with van der Waals surface area (Å²) in [4.78, 5) is 11.2. The predicted molar refractivity (Wildman–Crippen MR) is 64.0 cm³/mol. The summed E-state index contributed by atoms with van der Waals surface area (Å²) >= 11 is 0. The lowest BCUT2D eigenvalue weighted by Gasteiger charge is -2.15. The Kier molecular flexibility index (Phi) is 2.99. The molecule has 0 saturated heterocycles. The molecule has 1 atom stereocenters. The van der Waals surface area contributed by atoms with Crippen LogP contribution in [-0.2, 0) is 4.79 Å². The molecule has 0 spiro atoms. The molecule has 1 aliphatic carbocycles. The Morgan fingerprint density at radius 2 is 2.00 bits per heavy atom. The quantitative estimate of drug-likeness (QED) is 0.726. The van der Waals surface area contributed by atoms with Crippen LogP contribution >= 0.6 is 0 Å². The van der Waals surface area contributed by atoms with Crippen LogP contribution in [0.5, 0.6) is 5.75 Å². The van der Waals surface area contributed by atoms with Crippen LogP contribution in [0.15, 0.2) is 12.1 Å². The number of carbonyl (C=O) groups is 1. The minimum atomic E-state index is 0.0876. The Morgan fingerprint density at radius 3 is 2.50 bits per heavy atom. The maximum Gasteiger partial charge on any atom is 0.127 e. The number of ether oxygens (including phenoxy) is 1. The van der Waals surface area contributed by atoms with Crippen molar-refractivity contribution < 1.29 is 9.53 Å². The average molecular weight is 218 g/mol. The van der Waals surface area contributed by atoms with Gasteiger partial charge in [0.2, 0.25) is 0 Å². The van der Waals surface area contributed by atoms with E-state index in [2.05, 4.69) is 13.0 Å². The Labute approximate surface area is 96.6 Å². The van der Waals surface area contributed by atoms with Crippen molar-refractivity contribution in [1.29, 1.82) is 0 Å². The van der Waals surface area contributed by atoms with E-state index in [9.17, 15) is 4.79 Å². The first-order valence-electron chi connectivity index (χ1n) is 5.77. The minimum Gasteiger partial charge on any atom is -0.496 e. The summed E-state index contributed by atoms with van der Waals surface area (Å²) in [5, 5.41) is 0. The van der Waals surface area contributed by atoms with Gasteiger partial charge in [0.15, 0.2) is 0 Å². The second-order valence-electron chi connectivity index (χ2n) is 4.68. The van der Waals surface area contributed by atoms with Crippen molar-refractivity contribution >= 4 is 6.29 Å². The molecule has 0 radical (unpaired) electrons. The highest BCUT2D eigenvalue weighted by Crippen LogP contribution is 2.43. The molecule has 0 bridgehead atoms. The van der Waals surface area contributed by atoms with Crippen LogP contribution in [0.3, 0.4) is 0 Å². The molecular weight excluding hydrogens is 200 g/mol. The molecule has 1 unspecified atom stereocenters. The first-order chi connectivity index (χ1) is 7.67. The highest BCUT2D eigenvalue weighted by Gasteiger charge is 2.33. The Bertz CT molecular complexity index is 405. The third-order valence-electron chi connectivity index (χ3n) is 3.42. The zero-order chi connectivity index (χ0) is 11.7. The number of hydrogen-bond donors (Lipinski definition) is 0. The van der Waals surface area contributed by atoms with Crippen molar-refractivity contribution in [1.82, 2.24) is 0 Å². The van der Waals surface area contributed by atoms with Gasteiger partial charge in [0.25, 0.3) is 0 Å². The molecule has 0 heterocycles. The zero-order valence-corrected chi connectivity index (χ0v) is 10.1. The molecule has 0 amide bonds. The van der Waals surface area contributed by atoms with Gasteiger partial charge >= 0.3 is 0 Å². The molecule has 0 aromatic heterocycles. The second-order valence-corrected chi connectivity index (χ2v) is 4.68. The lowest BCUT2D eigenvalue weighted by Crippen LogP contribution is -2.06. The Balaban J connectivity index is 2.39. The van der Waals surface area contributed by atoms with Gasteiger partial charge in [-0.15, -0.1) is 0 Å². The normalized spacial score (nSPS) is 16.9. The molecule has 1 saturated carbocycles. The number of methoxy groups -OCH3 is 1. The summed E-state index contributed by atoms with van der Waals surface area (Å²) < 4.78 is 5.28. The van der Waals surface area contributed by atoms with Gasteiger partial charge < -0.3 is 9.53 Å². The summed E-state index contributed by atoms with van der Waals surface area (Å²) in [6.07, 6.45) is 3.48. The van der Waals surface area contributed by atoms with Crippen molar-refractivity contribution in [3.8, 4) is 5.75 Å². The largest absolute Gasteiger partial charge is 0.496 e. The number of carbonyl (C=O) groups excluding carboxylic acids is 1. The van der Waals surface area contributed by atoms with E-state index < -0.39 is 0 Å². The van der Waals surface area contributed by atoms with Crippen LogP contribution in [0.2, 0.25) is 0 Å². The highest BCUT2D eigenvalue weighted by atomic mass is 16.5. The molecule has 1 aliphatic rings.